The van der Waals surface area contributed by atoms with Gasteiger partial charge in [0, 0.05) is 6.66 Å². The third kappa shape index (κ3) is 0.978. The molecule has 0 N–H and O–H groups in total. The highest BCUT2D eigenvalue weighted by Gasteiger charge is 2.33. The van der Waals surface area contributed by atoms with E-state index in [1.54, 1.807) is 6.66 Å². The second kappa shape index (κ2) is 2.18. The molecule has 1 aliphatic heterocycles. The van der Waals surface area contributed by atoms with Crippen molar-refractivity contribution in [2.75, 3.05) is 6.66 Å². The van der Waals surface area contributed by atoms with Crippen LogP contribution in [0.3, 0.4) is 0 Å². The van der Waals surface area contributed by atoms with Crippen LogP contribution in [0.15, 0.2) is 11.8 Å². The van der Waals surface area contributed by atoms with E-state index in [1.807, 2.05) is 6.92 Å². The molecule has 2 atom stereocenters. The number of hydrogen-bond acceptors (Lipinski definition) is 2. The lowest BCUT2D eigenvalue weighted by Gasteiger charge is -2.09. The quantitative estimate of drug-likeness (QED) is 0.395. The second-order valence-electron chi connectivity index (χ2n) is 2.41. The summed E-state index contributed by atoms with van der Waals surface area (Å²) in [7, 11) is -2.44. The smallest absolute Gasteiger partial charge is 0.252 e. The van der Waals surface area contributed by atoms with E-state index >= 15 is 0 Å². The van der Waals surface area contributed by atoms with E-state index in [2.05, 4.69) is 5.92 Å². The molecule has 0 aromatic rings. The van der Waals surface area contributed by atoms with E-state index in [-0.39, 0.29) is 5.66 Å². The predicted octanol–water partition coefficient (Wildman–Crippen LogP) is 1.83. The van der Waals surface area contributed by atoms with E-state index in [1.165, 1.54) is 6.26 Å². The molecule has 2 unspecified atom stereocenters. The van der Waals surface area contributed by atoms with Crippen LogP contribution in [-0.2, 0) is 9.09 Å². The number of rotatable bonds is 0. The Morgan fingerprint density at radius 1 is 1.90 bits per heavy atom. The molecule has 0 amide bonds. The van der Waals surface area contributed by atoms with Gasteiger partial charge in [-0.2, -0.15) is 0 Å². The first-order valence-corrected chi connectivity index (χ1v) is 5.14. The standard InChI is InChI=1S/C7H9O2P/c1-4-7-5-9-10(3,8)6(7)2/h1,5-6H,2-3H3. The van der Waals surface area contributed by atoms with Crippen LogP contribution in [0.4, 0.5) is 0 Å². The molecule has 2 nitrogen and oxygen atoms in total. The number of allylic oxidation sites excluding steroid dienone is 1. The Labute approximate surface area is 60.7 Å². The van der Waals surface area contributed by atoms with Crippen LogP contribution >= 0.6 is 7.37 Å². The zero-order valence-corrected chi connectivity index (χ0v) is 6.89. The highest BCUT2D eigenvalue weighted by molar-refractivity contribution is 7.59. The van der Waals surface area contributed by atoms with Gasteiger partial charge in [0.1, 0.15) is 6.26 Å². The highest BCUT2D eigenvalue weighted by Crippen LogP contribution is 2.55. The molecule has 0 aromatic heterocycles. The molecule has 1 heterocycles. The van der Waals surface area contributed by atoms with Gasteiger partial charge in [0.15, 0.2) is 0 Å². The van der Waals surface area contributed by atoms with E-state index in [0.29, 0.717) is 5.57 Å². The summed E-state index contributed by atoms with van der Waals surface area (Å²) >= 11 is 0. The van der Waals surface area contributed by atoms with Gasteiger partial charge in [-0.05, 0) is 6.92 Å². The van der Waals surface area contributed by atoms with Crippen LogP contribution in [0, 0.1) is 12.3 Å². The van der Waals surface area contributed by atoms with E-state index < -0.39 is 7.37 Å². The maximum Gasteiger partial charge on any atom is 0.252 e. The Morgan fingerprint density at radius 3 is 2.70 bits per heavy atom. The molecular weight excluding hydrogens is 147 g/mol. The van der Waals surface area contributed by atoms with Crippen LogP contribution in [0.5, 0.6) is 0 Å². The summed E-state index contributed by atoms with van der Waals surface area (Å²) in [6.45, 7) is 3.41. The van der Waals surface area contributed by atoms with Crippen molar-refractivity contribution in [3.63, 3.8) is 0 Å². The fourth-order valence-corrected chi connectivity index (χ4v) is 1.90. The van der Waals surface area contributed by atoms with Crippen LogP contribution in [0.2, 0.25) is 0 Å². The Bertz CT molecular complexity index is 259. The normalized spacial score (nSPS) is 38.1. The topological polar surface area (TPSA) is 26.3 Å². The average molecular weight is 156 g/mol. The highest BCUT2D eigenvalue weighted by atomic mass is 31.2. The van der Waals surface area contributed by atoms with Crippen LogP contribution < -0.4 is 0 Å². The summed E-state index contributed by atoms with van der Waals surface area (Å²) in [4.78, 5) is 0. The van der Waals surface area contributed by atoms with Crippen molar-refractivity contribution in [2.24, 2.45) is 0 Å². The number of terminal acetylenes is 1. The van der Waals surface area contributed by atoms with E-state index in [4.69, 9.17) is 10.9 Å². The Hall–Kier alpha value is -0.670. The van der Waals surface area contributed by atoms with Crippen LogP contribution in [0.1, 0.15) is 6.92 Å². The molecule has 0 aromatic carbocycles. The lowest BCUT2D eigenvalue weighted by molar-refractivity contribution is 0.456. The zero-order chi connectivity index (χ0) is 7.78. The van der Waals surface area contributed by atoms with Crippen molar-refractivity contribution < 1.29 is 9.09 Å². The van der Waals surface area contributed by atoms with Crippen LogP contribution in [-0.4, -0.2) is 12.3 Å². The first-order chi connectivity index (χ1) is 4.58. The Kier molecular flexibility index (Phi) is 1.62. The summed E-state index contributed by atoms with van der Waals surface area (Å²) in [5.74, 6) is 2.43. The zero-order valence-electron chi connectivity index (χ0n) is 6.00. The van der Waals surface area contributed by atoms with Crippen molar-refractivity contribution in [2.45, 2.75) is 12.6 Å². The molecule has 0 fully saturated rings. The number of hydrogen-bond donors (Lipinski definition) is 0. The van der Waals surface area contributed by atoms with Gasteiger partial charge in [-0.15, -0.1) is 6.42 Å². The molecule has 0 saturated heterocycles. The molecule has 1 aliphatic rings. The third-order valence-corrected chi connectivity index (χ3v) is 3.92. The summed E-state index contributed by atoms with van der Waals surface area (Å²) in [5, 5.41) is 0. The van der Waals surface area contributed by atoms with E-state index in [0.717, 1.165) is 0 Å². The minimum Gasteiger partial charge on any atom is -0.449 e. The van der Waals surface area contributed by atoms with Crippen molar-refractivity contribution in [3.05, 3.63) is 11.8 Å². The van der Waals surface area contributed by atoms with Crippen molar-refractivity contribution in [1.82, 2.24) is 0 Å². The largest absolute Gasteiger partial charge is 0.449 e. The lowest BCUT2D eigenvalue weighted by Crippen LogP contribution is -1.98. The fourth-order valence-electron chi connectivity index (χ4n) is 0.758. The van der Waals surface area contributed by atoms with Gasteiger partial charge >= 0.3 is 0 Å². The summed E-state index contributed by atoms with van der Waals surface area (Å²) in [6, 6.07) is 0. The fraction of sp³-hybridized carbons (Fsp3) is 0.429. The minimum absolute atomic E-state index is 0.0995. The maximum atomic E-state index is 11.3. The van der Waals surface area contributed by atoms with Crippen LogP contribution in [0.25, 0.3) is 0 Å². The van der Waals surface area contributed by atoms with Crippen molar-refractivity contribution >= 4 is 7.37 Å². The van der Waals surface area contributed by atoms with Gasteiger partial charge in [-0.25, -0.2) is 0 Å². The molecule has 3 heteroatoms. The Morgan fingerprint density at radius 2 is 2.50 bits per heavy atom. The van der Waals surface area contributed by atoms with Gasteiger partial charge in [0.2, 0.25) is 0 Å². The summed E-state index contributed by atoms with van der Waals surface area (Å²) in [6.07, 6.45) is 6.55. The Balaban J connectivity index is 2.92. The maximum absolute atomic E-state index is 11.3. The third-order valence-electron chi connectivity index (χ3n) is 1.71. The lowest BCUT2D eigenvalue weighted by atomic mass is 10.2. The summed E-state index contributed by atoms with van der Waals surface area (Å²) in [5.41, 5.74) is 0.600. The van der Waals surface area contributed by atoms with E-state index in [9.17, 15) is 4.57 Å². The molecule has 0 bridgehead atoms. The molecule has 0 spiro atoms. The van der Waals surface area contributed by atoms with Crippen molar-refractivity contribution in [1.29, 1.82) is 0 Å². The van der Waals surface area contributed by atoms with Gasteiger partial charge in [-0.1, -0.05) is 5.92 Å². The van der Waals surface area contributed by atoms with Gasteiger partial charge in [0.25, 0.3) is 7.37 Å². The molecule has 0 aliphatic carbocycles. The molecule has 1 rings (SSSR count). The van der Waals surface area contributed by atoms with Gasteiger partial charge in [0.05, 0.1) is 11.2 Å². The molecule has 0 radical (unpaired) electrons. The monoisotopic (exact) mass is 156 g/mol. The first-order valence-electron chi connectivity index (χ1n) is 3.00. The molecule has 10 heavy (non-hydrogen) atoms. The summed E-state index contributed by atoms with van der Waals surface area (Å²) < 4.78 is 16.3. The second-order valence-corrected chi connectivity index (χ2v) is 5.21. The molecular formula is C7H9O2P. The first kappa shape index (κ1) is 7.44. The predicted molar refractivity (Wildman–Crippen MR) is 41.0 cm³/mol. The molecule has 54 valence electrons. The average Bonchev–Trinajstić information content (AvgIpc) is 2.10. The SMILES string of the molecule is C#CC1=COP(C)(=O)C1C. The van der Waals surface area contributed by atoms with Crippen molar-refractivity contribution in [3.8, 4) is 12.3 Å². The van der Waals surface area contributed by atoms with Gasteiger partial charge < -0.3 is 4.52 Å². The minimum atomic E-state index is -2.44. The van der Waals surface area contributed by atoms with Gasteiger partial charge in [-0.3, -0.25) is 4.57 Å². The molecule has 0 saturated carbocycles.